The van der Waals surface area contributed by atoms with E-state index in [2.05, 4.69) is 54.5 Å². The van der Waals surface area contributed by atoms with E-state index in [9.17, 15) is 0 Å². The quantitative estimate of drug-likeness (QED) is 0.780. The van der Waals surface area contributed by atoms with Gasteiger partial charge < -0.3 is 9.73 Å². The second kappa shape index (κ2) is 5.70. The van der Waals surface area contributed by atoms with E-state index in [0.29, 0.717) is 0 Å². The Labute approximate surface area is 125 Å². The van der Waals surface area contributed by atoms with Crippen molar-refractivity contribution >= 4 is 11.0 Å². The van der Waals surface area contributed by atoms with Gasteiger partial charge in [0.05, 0.1) is 6.04 Å². The lowest BCUT2D eigenvalue weighted by atomic mass is 10.1. The molecule has 0 saturated carbocycles. The molecule has 0 radical (unpaired) electrons. The Morgan fingerprint density at radius 1 is 1.19 bits per heavy atom. The monoisotopic (exact) mass is 280 g/mol. The molecular formula is C18H20N2O. The van der Waals surface area contributed by atoms with Gasteiger partial charge in [-0.05, 0) is 43.7 Å². The Bertz CT molecular complexity index is 744. The van der Waals surface area contributed by atoms with Crippen LogP contribution in [0.25, 0.3) is 11.0 Å². The van der Waals surface area contributed by atoms with Crippen LogP contribution in [0.3, 0.4) is 0 Å². The van der Waals surface area contributed by atoms with E-state index in [1.807, 2.05) is 19.2 Å². The molecule has 2 heterocycles. The highest BCUT2D eigenvalue weighted by Gasteiger charge is 2.18. The van der Waals surface area contributed by atoms with E-state index in [4.69, 9.17) is 4.42 Å². The van der Waals surface area contributed by atoms with Crippen molar-refractivity contribution in [3.63, 3.8) is 0 Å². The smallest absolute Gasteiger partial charge is 0.137 e. The highest BCUT2D eigenvalue weighted by molar-refractivity contribution is 5.81. The third-order valence-electron chi connectivity index (χ3n) is 3.72. The van der Waals surface area contributed by atoms with E-state index in [-0.39, 0.29) is 6.04 Å². The lowest BCUT2D eigenvalue weighted by Crippen LogP contribution is -2.21. The Balaban J connectivity index is 2.06. The summed E-state index contributed by atoms with van der Waals surface area (Å²) >= 11 is 0. The number of aryl methyl sites for hydroxylation is 2. The van der Waals surface area contributed by atoms with Gasteiger partial charge in [0.1, 0.15) is 11.3 Å². The van der Waals surface area contributed by atoms with E-state index in [1.54, 1.807) is 0 Å². The molecule has 0 saturated heterocycles. The molecule has 0 aliphatic rings. The molecule has 0 aliphatic heterocycles. The molecule has 3 heteroatoms. The summed E-state index contributed by atoms with van der Waals surface area (Å²) < 4.78 is 6.11. The third kappa shape index (κ3) is 2.69. The molecule has 1 aromatic carbocycles. The molecule has 0 bridgehead atoms. The van der Waals surface area contributed by atoms with Crippen LogP contribution in [0.5, 0.6) is 0 Å². The number of nitrogens with zero attached hydrogens (tertiary/aromatic N) is 1. The zero-order chi connectivity index (χ0) is 14.8. The van der Waals surface area contributed by atoms with Crippen molar-refractivity contribution in [1.82, 2.24) is 10.3 Å². The average molecular weight is 280 g/mol. The van der Waals surface area contributed by atoms with E-state index < -0.39 is 0 Å². The first-order chi connectivity index (χ1) is 10.2. The summed E-state index contributed by atoms with van der Waals surface area (Å²) in [4.78, 5) is 4.40. The van der Waals surface area contributed by atoms with Crippen molar-refractivity contribution in [2.75, 3.05) is 6.54 Å². The largest absolute Gasteiger partial charge is 0.459 e. The van der Waals surface area contributed by atoms with Crippen LogP contribution in [0.4, 0.5) is 0 Å². The molecule has 3 nitrogen and oxygen atoms in total. The van der Waals surface area contributed by atoms with Crippen molar-refractivity contribution in [3.8, 4) is 0 Å². The van der Waals surface area contributed by atoms with Gasteiger partial charge in [0.25, 0.3) is 0 Å². The van der Waals surface area contributed by atoms with Crippen LogP contribution in [0.1, 0.15) is 35.5 Å². The average Bonchev–Trinajstić information content (AvgIpc) is 2.91. The van der Waals surface area contributed by atoms with E-state index in [1.165, 1.54) is 0 Å². The number of rotatable bonds is 4. The van der Waals surface area contributed by atoms with Crippen LogP contribution in [0.15, 0.2) is 47.0 Å². The van der Waals surface area contributed by atoms with Gasteiger partial charge in [-0.25, -0.2) is 0 Å². The molecule has 1 atom stereocenters. The molecule has 2 aromatic heterocycles. The van der Waals surface area contributed by atoms with Crippen LogP contribution in [0.2, 0.25) is 0 Å². The van der Waals surface area contributed by atoms with Crippen molar-refractivity contribution in [2.45, 2.75) is 26.8 Å². The molecule has 3 aromatic rings. The zero-order valence-electron chi connectivity index (χ0n) is 12.7. The minimum absolute atomic E-state index is 0.0369. The lowest BCUT2D eigenvalue weighted by molar-refractivity contribution is 0.475. The third-order valence-corrected chi connectivity index (χ3v) is 3.72. The summed E-state index contributed by atoms with van der Waals surface area (Å²) in [6.45, 7) is 7.04. The van der Waals surface area contributed by atoms with Gasteiger partial charge in [-0.15, -0.1) is 0 Å². The molecule has 21 heavy (non-hydrogen) atoms. The molecule has 108 valence electrons. The van der Waals surface area contributed by atoms with Gasteiger partial charge in [0.15, 0.2) is 0 Å². The molecule has 3 rings (SSSR count). The molecular weight excluding hydrogens is 260 g/mol. The van der Waals surface area contributed by atoms with Crippen molar-refractivity contribution in [3.05, 3.63) is 65.2 Å². The maximum atomic E-state index is 6.11. The molecule has 1 unspecified atom stereocenters. The second-order valence-electron chi connectivity index (χ2n) is 5.37. The standard InChI is InChI=1S/C18H20N2O/c1-4-19-17(15-9-8-13(3)20-11-15)16-10-14-7-5-6-12(2)18(14)21-16/h5-11,17,19H,4H2,1-3H3. The molecule has 0 amide bonds. The Morgan fingerprint density at radius 2 is 2.05 bits per heavy atom. The van der Waals surface area contributed by atoms with Crippen LogP contribution in [-0.2, 0) is 0 Å². The van der Waals surface area contributed by atoms with Crippen molar-refractivity contribution < 1.29 is 4.42 Å². The second-order valence-corrected chi connectivity index (χ2v) is 5.37. The van der Waals surface area contributed by atoms with Crippen LogP contribution in [-0.4, -0.2) is 11.5 Å². The number of para-hydroxylation sites is 1. The maximum absolute atomic E-state index is 6.11. The van der Waals surface area contributed by atoms with Crippen LogP contribution in [0, 0.1) is 13.8 Å². The predicted octanol–water partition coefficient (Wildman–Crippen LogP) is 4.14. The minimum atomic E-state index is 0.0369. The lowest BCUT2D eigenvalue weighted by Gasteiger charge is -2.15. The van der Waals surface area contributed by atoms with Crippen molar-refractivity contribution in [1.29, 1.82) is 0 Å². The van der Waals surface area contributed by atoms with Gasteiger partial charge in [0, 0.05) is 17.3 Å². The first kappa shape index (κ1) is 13.8. The number of furan rings is 1. The van der Waals surface area contributed by atoms with Crippen LogP contribution < -0.4 is 5.32 Å². The Kier molecular flexibility index (Phi) is 3.76. The van der Waals surface area contributed by atoms with E-state index >= 15 is 0 Å². The van der Waals surface area contributed by atoms with Gasteiger partial charge in [-0.1, -0.05) is 31.2 Å². The summed E-state index contributed by atoms with van der Waals surface area (Å²) in [5.74, 6) is 0.937. The number of aromatic nitrogens is 1. The molecule has 0 fully saturated rings. The number of pyridine rings is 1. The highest BCUT2D eigenvalue weighted by Crippen LogP contribution is 2.29. The number of nitrogens with one attached hydrogen (secondary N) is 1. The number of benzene rings is 1. The van der Waals surface area contributed by atoms with Crippen LogP contribution >= 0.6 is 0 Å². The summed E-state index contributed by atoms with van der Waals surface area (Å²) in [7, 11) is 0. The first-order valence-electron chi connectivity index (χ1n) is 7.34. The normalized spacial score (nSPS) is 12.7. The maximum Gasteiger partial charge on any atom is 0.137 e. The first-order valence-corrected chi connectivity index (χ1v) is 7.34. The SMILES string of the molecule is CCNC(c1ccc(C)nc1)c1cc2cccc(C)c2o1. The summed E-state index contributed by atoms with van der Waals surface area (Å²) in [5, 5.41) is 4.63. The fourth-order valence-corrected chi connectivity index (χ4v) is 2.61. The fourth-order valence-electron chi connectivity index (χ4n) is 2.61. The van der Waals surface area contributed by atoms with Crippen molar-refractivity contribution in [2.24, 2.45) is 0 Å². The molecule has 0 aliphatic carbocycles. The highest BCUT2D eigenvalue weighted by atomic mass is 16.3. The Morgan fingerprint density at radius 3 is 2.71 bits per heavy atom. The number of fused-ring (bicyclic) bond motifs is 1. The predicted molar refractivity (Wildman–Crippen MR) is 85.4 cm³/mol. The van der Waals surface area contributed by atoms with E-state index in [0.717, 1.165) is 40.1 Å². The van der Waals surface area contributed by atoms with Gasteiger partial charge >= 0.3 is 0 Å². The number of hydrogen-bond donors (Lipinski definition) is 1. The summed E-state index contributed by atoms with van der Waals surface area (Å²) in [6, 6.07) is 12.5. The molecule has 1 N–H and O–H groups in total. The topological polar surface area (TPSA) is 38.1 Å². The fraction of sp³-hybridized carbons (Fsp3) is 0.278. The van der Waals surface area contributed by atoms with Gasteiger partial charge in [0.2, 0.25) is 0 Å². The van der Waals surface area contributed by atoms with Gasteiger partial charge in [-0.2, -0.15) is 0 Å². The zero-order valence-corrected chi connectivity index (χ0v) is 12.7. The van der Waals surface area contributed by atoms with Gasteiger partial charge in [-0.3, -0.25) is 4.98 Å². The number of hydrogen-bond acceptors (Lipinski definition) is 3. The summed E-state index contributed by atoms with van der Waals surface area (Å²) in [6.07, 6.45) is 1.92. The Hall–Kier alpha value is -2.13. The minimum Gasteiger partial charge on any atom is -0.459 e. The summed E-state index contributed by atoms with van der Waals surface area (Å²) in [5.41, 5.74) is 4.28. The molecule has 0 spiro atoms.